The summed E-state index contributed by atoms with van der Waals surface area (Å²) in [5.41, 5.74) is 7.77. The molecule has 1 aromatic rings. The quantitative estimate of drug-likeness (QED) is 0.881. The fourth-order valence-corrected chi connectivity index (χ4v) is 1.87. The van der Waals surface area contributed by atoms with Gasteiger partial charge in [-0.05, 0) is 24.1 Å². The minimum Gasteiger partial charge on any atom is -0.396 e. The van der Waals surface area contributed by atoms with Crippen LogP contribution in [0.5, 0.6) is 0 Å². The molecule has 0 aromatic heterocycles. The maximum atomic E-state index is 9.28. The van der Waals surface area contributed by atoms with Crippen molar-refractivity contribution >= 4 is 24.0 Å². The standard InChI is InChI=1S/C12H18ClNO.ClH/c1-8-5-4-6-9(13)10(8)11(14)12(2,3)7-15;/h4-6,11,15H,7,14H2,1-3H3;1H/t11-;/m1./s1. The second-order valence-corrected chi connectivity index (χ2v) is 5.00. The normalized spacial score (nSPS) is 13.1. The first kappa shape index (κ1) is 15.7. The summed E-state index contributed by atoms with van der Waals surface area (Å²) in [5, 5.41) is 9.95. The monoisotopic (exact) mass is 263 g/mol. The van der Waals surface area contributed by atoms with Crippen molar-refractivity contribution in [2.24, 2.45) is 11.1 Å². The lowest BCUT2D eigenvalue weighted by Gasteiger charge is -2.31. The topological polar surface area (TPSA) is 46.2 Å². The van der Waals surface area contributed by atoms with Crippen LogP contribution < -0.4 is 5.73 Å². The predicted octanol–water partition coefficient (Wildman–Crippen LogP) is 3.09. The lowest BCUT2D eigenvalue weighted by atomic mass is 9.80. The minimum absolute atomic E-state index is 0. The van der Waals surface area contributed by atoms with Crippen LogP contribution in [0.1, 0.15) is 31.0 Å². The van der Waals surface area contributed by atoms with E-state index in [-0.39, 0.29) is 30.5 Å². The number of aliphatic hydroxyl groups is 1. The van der Waals surface area contributed by atoms with Gasteiger partial charge in [0, 0.05) is 23.1 Å². The van der Waals surface area contributed by atoms with Crippen LogP contribution in [0.2, 0.25) is 5.02 Å². The van der Waals surface area contributed by atoms with Crippen molar-refractivity contribution < 1.29 is 5.11 Å². The van der Waals surface area contributed by atoms with Crippen LogP contribution in [-0.2, 0) is 0 Å². The number of benzene rings is 1. The highest BCUT2D eigenvalue weighted by Gasteiger charge is 2.29. The van der Waals surface area contributed by atoms with Crippen LogP contribution in [0.25, 0.3) is 0 Å². The zero-order valence-corrected chi connectivity index (χ0v) is 11.4. The Bertz CT molecular complexity index is 333. The molecule has 92 valence electrons. The number of hydrogen-bond donors (Lipinski definition) is 2. The molecule has 0 aliphatic rings. The molecule has 1 aromatic carbocycles. The lowest BCUT2D eigenvalue weighted by molar-refractivity contribution is 0.132. The maximum absolute atomic E-state index is 9.28. The molecule has 1 atom stereocenters. The van der Waals surface area contributed by atoms with Gasteiger partial charge in [0.25, 0.3) is 0 Å². The van der Waals surface area contributed by atoms with Crippen molar-refractivity contribution in [1.29, 1.82) is 0 Å². The molecule has 0 amide bonds. The molecule has 2 nitrogen and oxygen atoms in total. The van der Waals surface area contributed by atoms with E-state index in [1.807, 2.05) is 39.0 Å². The van der Waals surface area contributed by atoms with Crippen molar-refractivity contribution in [1.82, 2.24) is 0 Å². The van der Waals surface area contributed by atoms with Gasteiger partial charge < -0.3 is 10.8 Å². The Balaban J connectivity index is 0.00000225. The van der Waals surface area contributed by atoms with E-state index in [4.69, 9.17) is 17.3 Å². The lowest BCUT2D eigenvalue weighted by Crippen LogP contribution is -2.33. The number of rotatable bonds is 3. The van der Waals surface area contributed by atoms with Crippen LogP contribution in [-0.4, -0.2) is 11.7 Å². The highest BCUT2D eigenvalue weighted by atomic mass is 35.5. The zero-order valence-electron chi connectivity index (χ0n) is 9.83. The molecular weight excluding hydrogens is 245 g/mol. The molecule has 0 saturated carbocycles. The Morgan fingerprint density at radius 2 is 2.00 bits per heavy atom. The van der Waals surface area contributed by atoms with Crippen LogP contribution in [0.3, 0.4) is 0 Å². The number of hydrogen-bond acceptors (Lipinski definition) is 2. The van der Waals surface area contributed by atoms with Crippen LogP contribution in [0.4, 0.5) is 0 Å². The third kappa shape index (κ3) is 3.11. The molecule has 0 heterocycles. The van der Waals surface area contributed by atoms with E-state index in [9.17, 15) is 5.11 Å². The molecule has 4 heteroatoms. The van der Waals surface area contributed by atoms with Gasteiger partial charge in [0.15, 0.2) is 0 Å². The summed E-state index contributed by atoms with van der Waals surface area (Å²) in [6.07, 6.45) is 0. The van der Waals surface area contributed by atoms with E-state index >= 15 is 0 Å². The second-order valence-electron chi connectivity index (χ2n) is 4.59. The van der Waals surface area contributed by atoms with Crippen molar-refractivity contribution in [3.63, 3.8) is 0 Å². The van der Waals surface area contributed by atoms with Crippen molar-refractivity contribution in [2.45, 2.75) is 26.8 Å². The molecule has 0 aliphatic heterocycles. The fraction of sp³-hybridized carbons (Fsp3) is 0.500. The van der Waals surface area contributed by atoms with E-state index in [0.29, 0.717) is 5.02 Å². The first-order valence-corrected chi connectivity index (χ1v) is 5.39. The molecule has 0 unspecified atom stereocenters. The Morgan fingerprint density at radius 3 is 2.44 bits per heavy atom. The smallest absolute Gasteiger partial charge is 0.0500 e. The van der Waals surface area contributed by atoms with Gasteiger partial charge in [-0.25, -0.2) is 0 Å². The molecule has 16 heavy (non-hydrogen) atoms. The molecule has 3 N–H and O–H groups in total. The van der Waals surface area contributed by atoms with Gasteiger partial charge >= 0.3 is 0 Å². The third-order valence-corrected chi connectivity index (χ3v) is 3.16. The number of aryl methyl sites for hydroxylation is 1. The van der Waals surface area contributed by atoms with Gasteiger partial charge in [-0.2, -0.15) is 0 Å². The highest BCUT2D eigenvalue weighted by Crippen LogP contribution is 2.36. The van der Waals surface area contributed by atoms with E-state index in [1.54, 1.807) is 0 Å². The second kappa shape index (κ2) is 5.87. The SMILES string of the molecule is Cc1cccc(Cl)c1[C@@H](N)C(C)(C)CO.Cl. The first-order valence-electron chi connectivity index (χ1n) is 5.01. The summed E-state index contributed by atoms with van der Waals surface area (Å²) < 4.78 is 0. The Morgan fingerprint density at radius 1 is 1.44 bits per heavy atom. The van der Waals surface area contributed by atoms with E-state index in [2.05, 4.69) is 0 Å². The van der Waals surface area contributed by atoms with Crippen LogP contribution in [0.15, 0.2) is 18.2 Å². The molecule has 0 aliphatic carbocycles. The average Bonchev–Trinajstić information content (AvgIpc) is 2.17. The Kier molecular flexibility index (Phi) is 5.77. The van der Waals surface area contributed by atoms with E-state index in [0.717, 1.165) is 11.1 Å². The van der Waals surface area contributed by atoms with Crippen molar-refractivity contribution in [2.75, 3.05) is 6.61 Å². The molecule has 0 bridgehead atoms. The molecule has 0 fully saturated rings. The summed E-state index contributed by atoms with van der Waals surface area (Å²) >= 11 is 6.13. The number of aliphatic hydroxyl groups excluding tert-OH is 1. The Labute approximate surface area is 108 Å². The van der Waals surface area contributed by atoms with Gasteiger partial charge in [-0.15, -0.1) is 12.4 Å². The molecule has 0 spiro atoms. The summed E-state index contributed by atoms with van der Waals surface area (Å²) in [7, 11) is 0. The summed E-state index contributed by atoms with van der Waals surface area (Å²) in [6, 6.07) is 5.46. The largest absolute Gasteiger partial charge is 0.396 e. The third-order valence-electron chi connectivity index (χ3n) is 2.83. The highest BCUT2D eigenvalue weighted by molar-refractivity contribution is 6.31. The first-order chi connectivity index (χ1) is 6.90. The van der Waals surface area contributed by atoms with Crippen molar-refractivity contribution in [3.8, 4) is 0 Å². The molecule has 0 radical (unpaired) electrons. The van der Waals surface area contributed by atoms with Crippen LogP contribution >= 0.6 is 24.0 Å². The zero-order chi connectivity index (χ0) is 11.6. The minimum atomic E-state index is -0.365. The summed E-state index contributed by atoms with van der Waals surface area (Å²) in [4.78, 5) is 0. The number of nitrogens with two attached hydrogens (primary N) is 1. The summed E-state index contributed by atoms with van der Waals surface area (Å²) in [6.45, 7) is 5.88. The molecule has 0 saturated heterocycles. The number of halogens is 2. The summed E-state index contributed by atoms with van der Waals surface area (Å²) in [5.74, 6) is 0. The van der Waals surface area contributed by atoms with Crippen LogP contribution in [0, 0.1) is 12.3 Å². The van der Waals surface area contributed by atoms with Crippen molar-refractivity contribution in [3.05, 3.63) is 34.3 Å². The Hall–Kier alpha value is -0.280. The van der Waals surface area contributed by atoms with E-state index in [1.165, 1.54) is 0 Å². The predicted molar refractivity (Wildman–Crippen MR) is 71.2 cm³/mol. The maximum Gasteiger partial charge on any atom is 0.0500 e. The van der Waals surface area contributed by atoms with Gasteiger partial charge in [-0.3, -0.25) is 0 Å². The van der Waals surface area contributed by atoms with E-state index < -0.39 is 0 Å². The average molecular weight is 264 g/mol. The molecular formula is C12H19Cl2NO. The van der Waals surface area contributed by atoms with Gasteiger partial charge in [0.1, 0.15) is 0 Å². The van der Waals surface area contributed by atoms with Gasteiger partial charge in [-0.1, -0.05) is 37.6 Å². The van der Waals surface area contributed by atoms with Gasteiger partial charge in [0.2, 0.25) is 0 Å². The van der Waals surface area contributed by atoms with Gasteiger partial charge in [0.05, 0.1) is 0 Å². The fourth-order valence-electron chi connectivity index (χ4n) is 1.53. The molecule has 1 rings (SSSR count).